The van der Waals surface area contributed by atoms with Crippen molar-refractivity contribution in [1.82, 2.24) is 0 Å². The van der Waals surface area contributed by atoms with Crippen molar-refractivity contribution in [1.29, 1.82) is 0 Å². The van der Waals surface area contributed by atoms with Gasteiger partial charge in [-0.3, -0.25) is 4.79 Å². The summed E-state index contributed by atoms with van der Waals surface area (Å²) >= 11 is 0. The SMILES string of the molecule is CCCCCC(=O)CC.P. The van der Waals surface area contributed by atoms with Crippen molar-refractivity contribution in [3.63, 3.8) is 0 Å². The molecule has 1 unspecified atom stereocenters. The summed E-state index contributed by atoms with van der Waals surface area (Å²) in [6.07, 6.45) is 5.00. The van der Waals surface area contributed by atoms with Gasteiger partial charge < -0.3 is 0 Å². The molecule has 0 radical (unpaired) electrons. The minimum absolute atomic E-state index is 0. The Kier molecular flexibility index (Phi) is 11.6. The second kappa shape index (κ2) is 9.10. The molecular formula is C8H19OP. The molecule has 10 heavy (non-hydrogen) atoms. The third-order valence-corrected chi connectivity index (χ3v) is 1.45. The van der Waals surface area contributed by atoms with Gasteiger partial charge in [-0.2, -0.15) is 9.90 Å². The van der Waals surface area contributed by atoms with Gasteiger partial charge in [0.15, 0.2) is 0 Å². The number of carbonyl (C=O) groups excluding carboxylic acids is 1. The summed E-state index contributed by atoms with van der Waals surface area (Å²) in [7, 11) is 0. The maximum atomic E-state index is 10.7. The highest BCUT2D eigenvalue weighted by Crippen LogP contribution is 2.00. The fourth-order valence-electron chi connectivity index (χ4n) is 0.749. The van der Waals surface area contributed by atoms with Crippen LogP contribution < -0.4 is 0 Å². The van der Waals surface area contributed by atoms with E-state index in [1.54, 1.807) is 0 Å². The highest BCUT2D eigenvalue weighted by molar-refractivity contribution is 6.92. The van der Waals surface area contributed by atoms with Crippen molar-refractivity contribution in [2.75, 3.05) is 0 Å². The third-order valence-electron chi connectivity index (χ3n) is 1.45. The molecule has 0 aromatic rings. The zero-order valence-electron chi connectivity index (χ0n) is 7.15. The number of hydrogen-bond acceptors (Lipinski definition) is 1. The number of ketones is 1. The van der Waals surface area contributed by atoms with Gasteiger partial charge in [-0.15, -0.1) is 0 Å². The highest BCUT2D eigenvalue weighted by Gasteiger charge is 1.95. The van der Waals surface area contributed by atoms with Crippen LogP contribution in [-0.4, -0.2) is 5.78 Å². The third kappa shape index (κ3) is 8.10. The lowest BCUT2D eigenvalue weighted by atomic mass is 10.1. The van der Waals surface area contributed by atoms with Crippen LogP contribution in [0.15, 0.2) is 0 Å². The van der Waals surface area contributed by atoms with E-state index in [4.69, 9.17) is 0 Å². The Morgan fingerprint density at radius 1 is 1.20 bits per heavy atom. The molecule has 0 fully saturated rings. The molecule has 0 N–H and O–H groups in total. The van der Waals surface area contributed by atoms with E-state index in [1.165, 1.54) is 12.8 Å². The molecule has 0 aliphatic carbocycles. The molecule has 0 aliphatic rings. The lowest BCUT2D eigenvalue weighted by molar-refractivity contribution is -0.118. The Balaban J connectivity index is 0. The molecule has 62 valence electrons. The fraction of sp³-hybridized carbons (Fsp3) is 0.875. The van der Waals surface area contributed by atoms with Crippen LogP contribution in [0, 0.1) is 0 Å². The van der Waals surface area contributed by atoms with E-state index in [0.717, 1.165) is 12.8 Å². The first kappa shape index (κ1) is 12.7. The summed E-state index contributed by atoms with van der Waals surface area (Å²) < 4.78 is 0. The first-order chi connectivity index (χ1) is 4.31. The number of unbranched alkanes of at least 4 members (excludes halogenated alkanes) is 2. The van der Waals surface area contributed by atoms with E-state index in [2.05, 4.69) is 6.92 Å². The molecule has 0 spiro atoms. The van der Waals surface area contributed by atoms with Gasteiger partial charge >= 0.3 is 0 Å². The monoisotopic (exact) mass is 162 g/mol. The van der Waals surface area contributed by atoms with E-state index in [0.29, 0.717) is 12.2 Å². The van der Waals surface area contributed by atoms with Crippen LogP contribution in [0.25, 0.3) is 0 Å². The van der Waals surface area contributed by atoms with Gasteiger partial charge in [-0.1, -0.05) is 26.7 Å². The Morgan fingerprint density at radius 3 is 2.20 bits per heavy atom. The quantitative estimate of drug-likeness (QED) is 0.448. The van der Waals surface area contributed by atoms with E-state index in [1.807, 2.05) is 6.92 Å². The van der Waals surface area contributed by atoms with Gasteiger partial charge in [0.1, 0.15) is 5.78 Å². The van der Waals surface area contributed by atoms with Gasteiger partial charge in [-0.05, 0) is 6.42 Å². The summed E-state index contributed by atoms with van der Waals surface area (Å²) in [4.78, 5) is 10.7. The predicted molar refractivity (Wildman–Crippen MR) is 50.5 cm³/mol. The fourth-order valence-corrected chi connectivity index (χ4v) is 0.749. The van der Waals surface area contributed by atoms with E-state index >= 15 is 0 Å². The molecule has 0 saturated carbocycles. The Hall–Kier alpha value is 0.100. The molecular weight excluding hydrogens is 143 g/mol. The Bertz CT molecular complexity index is 81.3. The van der Waals surface area contributed by atoms with Crippen LogP contribution in [0.5, 0.6) is 0 Å². The molecule has 0 aromatic carbocycles. The Labute approximate surface area is 67.2 Å². The van der Waals surface area contributed by atoms with Crippen LogP contribution in [0.3, 0.4) is 0 Å². The molecule has 0 bridgehead atoms. The summed E-state index contributed by atoms with van der Waals surface area (Å²) in [5.41, 5.74) is 0. The average molecular weight is 162 g/mol. The van der Waals surface area contributed by atoms with Gasteiger partial charge in [-0.25, -0.2) is 0 Å². The predicted octanol–water partition coefficient (Wildman–Crippen LogP) is 2.60. The van der Waals surface area contributed by atoms with Crippen molar-refractivity contribution in [3.8, 4) is 0 Å². The largest absolute Gasteiger partial charge is 0.300 e. The second-order valence-electron chi connectivity index (χ2n) is 2.35. The molecule has 1 atom stereocenters. The molecule has 0 heterocycles. The van der Waals surface area contributed by atoms with Crippen LogP contribution in [0.2, 0.25) is 0 Å². The normalized spacial score (nSPS) is 8.60. The lowest BCUT2D eigenvalue weighted by Gasteiger charge is -1.93. The summed E-state index contributed by atoms with van der Waals surface area (Å²) in [6, 6.07) is 0. The first-order valence-corrected chi connectivity index (χ1v) is 3.83. The van der Waals surface area contributed by atoms with E-state index in [9.17, 15) is 4.79 Å². The number of hydrogen-bond donors (Lipinski definition) is 0. The van der Waals surface area contributed by atoms with Gasteiger partial charge in [0.05, 0.1) is 0 Å². The minimum atomic E-state index is 0. The summed E-state index contributed by atoms with van der Waals surface area (Å²) in [5.74, 6) is 0.406. The van der Waals surface area contributed by atoms with Gasteiger partial charge in [0.25, 0.3) is 0 Å². The van der Waals surface area contributed by atoms with Gasteiger partial charge in [0, 0.05) is 12.8 Å². The lowest BCUT2D eigenvalue weighted by Crippen LogP contribution is -1.93. The molecule has 0 rings (SSSR count). The summed E-state index contributed by atoms with van der Waals surface area (Å²) in [6.45, 7) is 4.07. The minimum Gasteiger partial charge on any atom is -0.300 e. The van der Waals surface area contributed by atoms with E-state index < -0.39 is 0 Å². The van der Waals surface area contributed by atoms with Crippen LogP contribution in [0.4, 0.5) is 0 Å². The zero-order chi connectivity index (χ0) is 7.11. The van der Waals surface area contributed by atoms with Crippen molar-refractivity contribution in [2.45, 2.75) is 46.0 Å². The van der Waals surface area contributed by atoms with Crippen molar-refractivity contribution in [2.24, 2.45) is 0 Å². The Morgan fingerprint density at radius 2 is 1.80 bits per heavy atom. The molecule has 1 nitrogen and oxygen atoms in total. The molecule has 2 heteroatoms. The first-order valence-electron chi connectivity index (χ1n) is 3.83. The van der Waals surface area contributed by atoms with Crippen LogP contribution >= 0.6 is 9.90 Å². The zero-order valence-corrected chi connectivity index (χ0v) is 8.57. The molecule has 0 saturated heterocycles. The maximum Gasteiger partial charge on any atom is 0.132 e. The van der Waals surface area contributed by atoms with Crippen molar-refractivity contribution in [3.05, 3.63) is 0 Å². The highest BCUT2D eigenvalue weighted by atomic mass is 31.0. The van der Waals surface area contributed by atoms with Crippen LogP contribution in [0.1, 0.15) is 46.0 Å². The van der Waals surface area contributed by atoms with Crippen molar-refractivity contribution >= 4 is 15.7 Å². The average Bonchev–Trinajstić information content (AvgIpc) is 1.89. The number of rotatable bonds is 5. The number of Topliss-reactive ketones (excluding diaryl/α,β-unsaturated/α-hetero) is 1. The molecule has 0 amide bonds. The maximum absolute atomic E-state index is 10.7. The summed E-state index contributed by atoms with van der Waals surface area (Å²) in [5, 5.41) is 0. The standard InChI is InChI=1S/C8H16O.H3P/c1-3-5-6-7-8(9)4-2;/h3-7H2,1-2H3;1H3. The number of carbonyl (C=O) groups is 1. The van der Waals surface area contributed by atoms with Crippen molar-refractivity contribution < 1.29 is 4.79 Å². The smallest absolute Gasteiger partial charge is 0.132 e. The van der Waals surface area contributed by atoms with Gasteiger partial charge in [0.2, 0.25) is 0 Å². The van der Waals surface area contributed by atoms with Crippen LogP contribution in [-0.2, 0) is 4.79 Å². The topological polar surface area (TPSA) is 17.1 Å². The molecule has 0 aromatic heterocycles. The molecule has 0 aliphatic heterocycles. The van der Waals surface area contributed by atoms with E-state index in [-0.39, 0.29) is 9.90 Å². The second-order valence-corrected chi connectivity index (χ2v) is 2.35.